The second-order valence-corrected chi connectivity index (χ2v) is 12.7. The summed E-state index contributed by atoms with van der Waals surface area (Å²) < 4.78 is 0. The van der Waals surface area contributed by atoms with Gasteiger partial charge >= 0.3 is 0 Å². The third-order valence-corrected chi connectivity index (χ3v) is 10.1. The maximum absolute atomic E-state index is 5.62. The van der Waals surface area contributed by atoms with E-state index in [1.54, 1.807) is 11.8 Å². The summed E-state index contributed by atoms with van der Waals surface area (Å²) in [4.78, 5) is 0. The van der Waals surface area contributed by atoms with Gasteiger partial charge in [-0.2, -0.15) is 0 Å². The van der Waals surface area contributed by atoms with E-state index in [1.165, 1.54) is 104 Å². The molecule has 43 heavy (non-hydrogen) atoms. The summed E-state index contributed by atoms with van der Waals surface area (Å²) in [5.74, 6) is 0.762. The zero-order chi connectivity index (χ0) is 29.2. The van der Waals surface area contributed by atoms with E-state index in [4.69, 9.17) is 5.73 Å². The minimum absolute atomic E-state index is 0.762. The molecular weight excluding hydrogens is 518 g/mol. The summed E-state index contributed by atoms with van der Waals surface area (Å²) in [6.07, 6.45) is 23.1. The lowest BCUT2D eigenvalue weighted by Gasteiger charge is -2.28. The van der Waals surface area contributed by atoms with Gasteiger partial charge in [-0.05, 0) is 130 Å². The van der Waals surface area contributed by atoms with Crippen LogP contribution in [0.1, 0.15) is 82.3 Å². The van der Waals surface area contributed by atoms with Crippen molar-refractivity contribution in [1.29, 1.82) is 0 Å². The fraction of sp³-hybridized carbons (Fsp3) is 0.286. The summed E-state index contributed by atoms with van der Waals surface area (Å²) in [5, 5.41) is 8.53. The number of hydrogen-bond acceptors (Lipinski definition) is 1. The fourth-order valence-electron chi connectivity index (χ4n) is 8.10. The van der Waals surface area contributed by atoms with E-state index < -0.39 is 0 Å². The first-order chi connectivity index (χ1) is 21.2. The smallest absolute Gasteiger partial charge is 0.00598 e. The Balaban J connectivity index is 1.46. The van der Waals surface area contributed by atoms with Crippen molar-refractivity contribution >= 4 is 38.3 Å². The van der Waals surface area contributed by atoms with Crippen molar-refractivity contribution < 1.29 is 0 Å². The van der Waals surface area contributed by atoms with Crippen LogP contribution < -0.4 is 16.2 Å². The highest BCUT2D eigenvalue weighted by atomic mass is 14.5. The van der Waals surface area contributed by atoms with E-state index in [9.17, 15) is 0 Å². The van der Waals surface area contributed by atoms with E-state index in [-0.39, 0.29) is 0 Å². The maximum atomic E-state index is 5.62. The van der Waals surface area contributed by atoms with Gasteiger partial charge in [-0.15, -0.1) is 0 Å². The lowest BCUT2D eigenvalue weighted by Crippen LogP contribution is -2.35. The van der Waals surface area contributed by atoms with Crippen molar-refractivity contribution in [2.24, 2.45) is 11.7 Å². The Kier molecular flexibility index (Phi) is 7.90. The maximum Gasteiger partial charge on any atom is -0.00598 e. The van der Waals surface area contributed by atoms with E-state index in [2.05, 4.69) is 97.9 Å². The van der Waals surface area contributed by atoms with Crippen LogP contribution in [0, 0.1) is 5.92 Å². The van der Waals surface area contributed by atoms with Gasteiger partial charge in [0.15, 0.2) is 0 Å². The van der Waals surface area contributed by atoms with E-state index in [0.717, 1.165) is 31.6 Å². The molecule has 0 saturated heterocycles. The number of nitrogens with two attached hydrogens (primary N) is 1. The van der Waals surface area contributed by atoms with Crippen LogP contribution in [-0.4, -0.2) is 0 Å². The van der Waals surface area contributed by atoms with E-state index in [0.29, 0.717) is 0 Å². The lowest BCUT2D eigenvalue weighted by atomic mass is 9.76. The van der Waals surface area contributed by atoms with Gasteiger partial charge in [-0.1, -0.05) is 121 Å². The van der Waals surface area contributed by atoms with Gasteiger partial charge in [0, 0.05) is 0 Å². The average Bonchev–Trinajstić information content (AvgIpc) is 3.06. The first-order valence-electron chi connectivity index (χ1n) is 16.4. The SMILES string of the molecule is CC(/C=C\N)=C/CC1=CCCC(c2c3ccccc3c(C3=c4ccccc4=C(C4CCCCC4)CC3)c3ccccc23)=C1. The number of rotatable bonds is 6. The van der Waals surface area contributed by atoms with Crippen LogP contribution in [0.15, 0.2) is 114 Å². The minimum Gasteiger partial charge on any atom is -0.405 e. The largest absolute Gasteiger partial charge is 0.405 e. The number of benzene rings is 4. The molecule has 216 valence electrons. The lowest BCUT2D eigenvalue weighted by molar-refractivity contribution is 0.421. The molecule has 0 atom stereocenters. The summed E-state index contributed by atoms with van der Waals surface area (Å²) in [6.45, 7) is 2.12. The topological polar surface area (TPSA) is 26.0 Å². The van der Waals surface area contributed by atoms with Crippen molar-refractivity contribution in [3.63, 3.8) is 0 Å². The summed E-state index contributed by atoms with van der Waals surface area (Å²) >= 11 is 0. The number of fused-ring (bicyclic) bond motifs is 3. The second-order valence-electron chi connectivity index (χ2n) is 12.7. The van der Waals surface area contributed by atoms with Crippen LogP contribution in [-0.2, 0) is 0 Å². The zero-order valence-corrected chi connectivity index (χ0v) is 25.5. The predicted molar refractivity (Wildman–Crippen MR) is 186 cm³/mol. The molecule has 0 unspecified atom stereocenters. The highest BCUT2D eigenvalue weighted by Gasteiger charge is 2.25. The van der Waals surface area contributed by atoms with E-state index >= 15 is 0 Å². The van der Waals surface area contributed by atoms with Gasteiger partial charge < -0.3 is 5.73 Å². The third-order valence-electron chi connectivity index (χ3n) is 10.1. The molecule has 3 aliphatic carbocycles. The average molecular weight is 562 g/mol. The van der Waals surface area contributed by atoms with Crippen LogP contribution in [0.2, 0.25) is 0 Å². The molecule has 2 N–H and O–H groups in total. The van der Waals surface area contributed by atoms with Gasteiger partial charge in [0.25, 0.3) is 0 Å². The molecule has 1 heteroatoms. The van der Waals surface area contributed by atoms with Crippen molar-refractivity contribution in [2.75, 3.05) is 0 Å². The molecule has 1 nitrogen and oxygen atoms in total. The Bertz CT molecular complexity index is 1880. The van der Waals surface area contributed by atoms with Crippen LogP contribution in [0.4, 0.5) is 0 Å². The van der Waals surface area contributed by atoms with Crippen LogP contribution in [0.3, 0.4) is 0 Å². The molecule has 0 spiro atoms. The number of allylic oxidation sites excluding steroid dienone is 7. The highest BCUT2D eigenvalue weighted by Crippen LogP contribution is 2.43. The van der Waals surface area contributed by atoms with Crippen LogP contribution >= 0.6 is 0 Å². The Hall–Kier alpha value is -4.10. The minimum atomic E-state index is 0.762. The molecule has 0 heterocycles. The van der Waals surface area contributed by atoms with Gasteiger partial charge in [0.1, 0.15) is 0 Å². The molecule has 3 aliphatic rings. The van der Waals surface area contributed by atoms with Crippen molar-refractivity contribution in [2.45, 2.75) is 71.1 Å². The van der Waals surface area contributed by atoms with Crippen LogP contribution in [0.25, 0.3) is 38.3 Å². The molecule has 0 aromatic heterocycles. The number of hydrogen-bond donors (Lipinski definition) is 1. The third kappa shape index (κ3) is 5.31. The molecule has 1 saturated carbocycles. The normalized spacial score (nSPS) is 18.3. The molecule has 4 aromatic carbocycles. The Morgan fingerprint density at radius 2 is 1.37 bits per heavy atom. The summed E-state index contributed by atoms with van der Waals surface area (Å²) in [7, 11) is 0. The fourth-order valence-corrected chi connectivity index (χ4v) is 8.10. The standard InChI is InChI=1S/C42H43N/c1-29(26-27-43)22-23-30-12-11-15-32(28-30)41-36-18-7-9-20-38(36)42(39-21-10-8-19-37(39)41)40-25-24-33(31-13-3-2-4-14-31)34-16-5-6-17-35(34)40/h5-10,12,16-22,26-28,31H,2-4,11,13-15,23-25,43H2,1H3/b27-26-,29-22-. The van der Waals surface area contributed by atoms with Crippen molar-refractivity contribution in [3.8, 4) is 0 Å². The molecule has 0 aliphatic heterocycles. The summed E-state index contributed by atoms with van der Waals surface area (Å²) in [5.41, 5.74) is 15.8. The van der Waals surface area contributed by atoms with Gasteiger partial charge in [-0.3, -0.25) is 0 Å². The van der Waals surface area contributed by atoms with Gasteiger partial charge in [-0.25, -0.2) is 0 Å². The molecule has 7 rings (SSSR count). The highest BCUT2D eigenvalue weighted by molar-refractivity contribution is 6.16. The van der Waals surface area contributed by atoms with Crippen LogP contribution in [0.5, 0.6) is 0 Å². The summed E-state index contributed by atoms with van der Waals surface area (Å²) in [6, 6.07) is 27.7. The van der Waals surface area contributed by atoms with Gasteiger partial charge in [0.05, 0.1) is 0 Å². The molecule has 0 radical (unpaired) electrons. The molecule has 0 amide bonds. The first-order valence-corrected chi connectivity index (χ1v) is 16.4. The first kappa shape index (κ1) is 27.7. The Labute approximate surface area is 256 Å². The second kappa shape index (κ2) is 12.3. The Morgan fingerprint density at radius 1 is 0.744 bits per heavy atom. The molecular formula is C42H43N. The van der Waals surface area contributed by atoms with E-state index in [1.807, 2.05) is 6.08 Å². The molecule has 0 bridgehead atoms. The zero-order valence-electron chi connectivity index (χ0n) is 25.5. The predicted octanol–water partition coefficient (Wildman–Crippen LogP) is 9.63. The van der Waals surface area contributed by atoms with Gasteiger partial charge in [0.2, 0.25) is 0 Å². The van der Waals surface area contributed by atoms with Crippen molar-refractivity contribution in [1.82, 2.24) is 0 Å². The van der Waals surface area contributed by atoms with Crippen molar-refractivity contribution in [3.05, 3.63) is 136 Å². The quantitative estimate of drug-likeness (QED) is 0.184. The monoisotopic (exact) mass is 561 g/mol. The molecule has 4 aromatic rings. The Morgan fingerprint density at radius 3 is 2.05 bits per heavy atom. The molecule has 1 fully saturated rings.